The third-order valence-corrected chi connectivity index (χ3v) is 5.49. The SMILES string of the molecule is CN(Cc1cnn(Cc2ccccc2)c1)C(=O)Cc1ccc2c(c1)CCCC2. The Morgan fingerprint density at radius 3 is 2.61 bits per heavy atom. The molecule has 28 heavy (non-hydrogen) atoms. The second-order valence-corrected chi connectivity index (χ2v) is 7.77. The molecule has 4 nitrogen and oxygen atoms in total. The number of nitrogens with zero attached hydrogens (tertiary/aromatic N) is 3. The van der Waals surface area contributed by atoms with E-state index in [1.165, 1.54) is 36.0 Å². The highest BCUT2D eigenvalue weighted by Gasteiger charge is 2.14. The van der Waals surface area contributed by atoms with Gasteiger partial charge in [-0.1, -0.05) is 48.5 Å². The van der Waals surface area contributed by atoms with Gasteiger partial charge in [-0.05, 0) is 47.9 Å². The molecule has 144 valence electrons. The first kappa shape index (κ1) is 18.5. The van der Waals surface area contributed by atoms with Crippen molar-refractivity contribution in [3.8, 4) is 0 Å². The molecular formula is C24H27N3O. The maximum atomic E-state index is 12.7. The summed E-state index contributed by atoms with van der Waals surface area (Å²) in [5.41, 5.74) is 6.28. The lowest BCUT2D eigenvalue weighted by Gasteiger charge is -2.19. The van der Waals surface area contributed by atoms with Crippen LogP contribution in [0.3, 0.4) is 0 Å². The van der Waals surface area contributed by atoms with Crippen molar-refractivity contribution in [1.82, 2.24) is 14.7 Å². The van der Waals surface area contributed by atoms with Crippen LogP contribution >= 0.6 is 0 Å². The van der Waals surface area contributed by atoms with Crippen molar-refractivity contribution in [2.45, 2.75) is 45.2 Å². The van der Waals surface area contributed by atoms with E-state index in [1.54, 1.807) is 4.90 Å². The van der Waals surface area contributed by atoms with Crippen LogP contribution in [0.4, 0.5) is 0 Å². The predicted octanol–water partition coefficient (Wildman–Crippen LogP) is 4.01. The van der Waals surface area contributed by atoms with E-state index in [1.807, 2.05) is 42.3 Å². The zero-order chi connectivity index (χ0) is 19.3. The average Bonchev–Trinajstić information content (AvgIpc) is 3.15. The second kappa shape index (κ2) is 8.42. The van der Waals surface area contributed by atoms with Gasteiger partial charge in [0, 0.05) is 25.4 Å². The second-order valence-electron chi connectivity index (χ2n) is 7.77. The van der Waals surface area contributed by atoms with Crippen molar-refractivity contribution in [2.24, 2.45) is 0 Å². The van der Waals surface area contributed by atoms with Gasteiger partial charge in [0.1, 0.15) is 0 Å². The van der Waals surface area contributed by atoms with Gasteiger partial charge in [0.05, 0.1) is 19.2 Å². The molecule has 0 unspecified atom stereocenters. The lowest BCUT2D eigenvalue weighted by atomic mass is 9.90. The number of benzene rings is 2. The molecular weight excluding hydrogens is 346 g/mol. The van der Waals surface area contributed by atoms with Crippen LogP contribution in [0.1, 0.15) is 40.7 Å². The molecule has 1 aliphatic carbocycles. The van der Waals surface area contributed by atoms with Crippen LogP contribution in [0.15, 0.2) is 60.9 Å². The van der Waals surface area contributed by atoms with Gasteiger partial charge in [-0.25, -0.2) is 0 Å². The largest absolute Gasteiger partial charge is 0.341 e. The quantitative estimate of drug-likeness (QED) is 0.655. The summed E-state index contributed by atoms with van der Waals surface area (Å²) in [4.78, 5) is 14.5. The number of likely N-dealkylation sites (N-methyl/N-ethyl adjacent to an activating group) is 1. The van der Waals surface area contributed by atoms with Gasteiger partial charge in [-0.15, -0.1) is 0 Å². The molecule has 0 radical (unpaired) electrons. The topological polar surface area (TPSA) is 38.1 Å². The van der Waals surface area contributed by atoms with Gasteiger partial charge in [0.25, 0.3) is 0 Å². The zero-order valence-electron chi connectivity index (χ0n) is 16.5. The Hall–Kier alpha value is -2.88. The van der Waals surface area contributed by atoms with Crippen molar-refractivity contribution < 1.29 is 4.79 Å². The first-order valence-electron chi connectivity index (χ1n) is 10.1. The fourth-order valence-electron chi connectivity index (χ4n) is 3.91. The Balaban J connectivity index is 1.34. The Bertz CT molecular complexity index is 945. The van der Waals surface area contributed by atoms with E-state index >= 15 is 0 Å². The summed E-state index contributed by atoms with van der Waals surface area (Å²) in [6.07, 6.45) is 9.21. The van der Waals surface area contributed by atoms with Crippen LogP contribution in [0.5, 0.6) is 0 Å². The van der Waals surface area contributed by atoms with E-state index in [0.717, 1.165) is 24.1 Å². The number of hydrogen-bond acceptors (Lipinski definition) is 2. The van der Waals surface area contributed by atoms with E-state index in [4.69, 9.17) is 0 Å². The smallest absolute Gasteiger partial charge is 0.227 e. The molecule has 0 saturated heterocycles. The number of carbonyl (C=O) groups excluding carboxylic acids is 1. The number of rotatable bonds is 6. The highest BCUT2D eigenvalue weighted by atomic mass is 16.2. The molecule has 0 aliphatic heterocycles. The number of hydrogen-bond donors (Lipinski definition) is 0. The van der Waals surface area contributed by atoms with Crippen molar-refractivity contribution >= 4 is 5.91 Å². The van der Waals surface area contributed by atoms with E-state index in [0.29, 0.717) is 13.0 Å². The molecule has 1 aromatic heterocycles. The van der Waals surface area contributed by atoms with Gasteiger partial charge in [-0.3, -0.25) is 9.48 Å². The Kier molecular flexibility index (Phi) is 5.56. The normalized spacial score (nSPS) is 13.2. The first-order chi connectivity index (χ1) is 13.7. The van der Waals surface area contributed by atoms with E-state index in [-0.39, 0.29) is 5.91 Å². The summed E-state index contributed by atoms with van der Waals surface area (Å²) in [6.45, 7) is 1.33. The number of carbonyl (C=O) groups is 1. The van der Waals surface area contributed by atoms with Crippen LogP contribution in [0.25, 0.3) is 0 Å². The number of aryl methyl sites for hydroxylation is 2. The van der Waals surface area contributed by atoms with E-state index in [2.05, 4.69) is 35.4 Å². The van der Waals surface area contributed by atoms with E-state index < -0.39 is 0 Å². The van der Waals surface area contributed by atoms with Gasteiger partial charge in [0.15, 0.2) is 0 Å². The molecule has 4 rings (SSSR count). The molecule has 0 atom stereocenters. The highest BCUT2D eigenvalue weighted by Crippen LogP contribution is 2.22. The molecule has 0 bridgehead atoms. The van der Waals surface area contributed by atoms with Crippen LogP contribution in [-0.4, -0.2) is 27.6 Å². The summed E-state index contributed by atoms with van der Waals surface area (Å²) in [7, 11) is 1.87. The summed E-state index contributed by atoms with van der Waals surface area (Å²) >= 11 is 0. The van der Waals surface area contributed by atoms with Crippen LogP contribution in [-0.2, 0) is 37.1 Å². The standard InChI is InChI=1S/C24H27N3O/c1-26(16-21-15-25-27(18-21)17-19-7-3-2-4-8-19)24(28)14-20-11-12-22-9-5-6-10-23(22)13-20/h2-4,7-8,11-13,15,18H,5-6,9-10,14,16-17H2,1H3. The third-order valence-electron chi connectivity index (χ3n) is 5.49. The van der Waals surface area contributed by atoms with Crippen molar-refractivity contribution in [1.29, 1.82) is 0 Å². The third kappa shape index (κ3) is 4.50. The fraction of sp³-hybridized carbons (Fsp3) is 0.333. The Morgan fingerprint density at radius 1 is 1.00 bits per heavy atom. The van der Waals surface area contributed by atoms with Gasteiger partial charge in [0.2, 0.25) is 5.91 Å². The summed E-state index contributed by atoms with van der Waals surface area (Å²) < 4.78 is 1.92. The molecule has 0 saturated carbocycles. The summed E-state index contributed by atoms with van der Waals surface area (Å²) in [5.74, 6) is 0.145. The van der Waals surface area contributed by atoms with Crippen LogP contribution in [0.2, 0.25) is 0 Å². The summed E-state index contributed by atoms with van der Waals surface area (Å²) in [5, 5.41) is 4.43. The number of amides is 1. The Labute approximate surface area is 166 Å². The minimum absolute atomic E-state index is 0.145. The fourth-order valence-corrected chi connectivity index (χ4v) is 3.91. The Morgan fingerprint density at radius 2 is 1.79 bits per heavy atom. The number of fused-ring (bicyclic) bond motifs is 1. The minimum atomic E-state index is 0.145. The molecule has 0 spiro atoms. The van der Waals surface area contributed by atoms with Gasteiger partial charge >= 0.3 is 0 Å². The highest BCUT2D eigenvalue weighted by molar-refractivity contribution is 5.78. The van der Waals surface area contributed by atoms with E-state index in [9.17, 15) is 4.79 Å². The lowest BCUT2D eigenvalue weighted by Crippen LogP contribution is -2.27. The molecule has 4 heteroatoms. The minimum Gasteiger partial charge on any atom is -0.341 e. The maximum absolute atomic E-state index is 12.7. The summed E-state index contributed by atoms with van der Waals surface area (Å²) in [6, 6.07) is 16.8. The molecule has 1 aliphatic rings. The molecule has 1 heterocycles. The van der Waals surface area contributed by atoms with Crippen molar-refractivity contribution in [3.63, 3.8) is 0 Å². The van der Waals surface area contributed by atoms with Gasteiger partial charge < -0.3 is 4.90 Å². The van der Waals surface area contributed by atoms with Crippen LogP contribution < -0.4 is 0 Å². The molecule has 2 aromatic carbocycles. The van der Waals surface area contributed by atoms with Crippen molar-refractivity contribution in [2.75, 3.05) is 7.05 Å². The monoisotopic (exact) mass is 373 g/mol. The number of aromatic nitrogens is 2. The van der Waals surface area contributed by atoms with Crippen LogP contribution in [0, 0.1) is 0 Å². The predicted molar refractivity (Wildman–Crippen MR) is 111 cm³/mol. The molecule has 0 N–H and O–H groups in total. The zero-order valence-corrected chi connectivity index (χ0v) is 16.5. The maximum Gasteiger partial charge on any atom is 0.227 e. The average molecular weight is 374 g/mol. The molecule has 0 fully saturated rings. The molecule has 1 amide bonds. The van der Waals surface area contributed by atoms with Crippen molar-refractivity contribution in [3.05, 3.63) is 88.7 Å². The lowest BCUT2D eigenvalue weighted by molar-refractivity contribution is -0.129. The molecule has 3 aromatic rings. The first-order valence-corrected chi connectivity index (χ1v) is 10.1. The van der Waals surface area contributed by atoms with Gasteiger partial charge in [-0.2, -0.15) is 5.10 Å².